The molecule has 4 atom stereocenters. The monoisotopic (exact) mass is 694 g/mol. The number of piperidine rings is 1. The first-order valence-electron chi connectivity index (χ1n) is 15.8. The summed E-state index contributed by atoms with van der Waals surface area (Å²) < 4.78 is 35.9. The number of amidine groups is 1. The Labute approximate surface area is 284 Å². The Balaban J connectivity index is 1.14. The molecule has 2 aromatic carbocycles. The molecule has 0 radical (unpaired) electrons. The van der Waals surface area contributed by atoms with Gasteiger partial charge in [-0.05, 0) is 62.1 Å². The average Bonchev–Trinajstić information content (AvgIpc) is 3.35. The lowest BCUT2D eigenvalue weighted by atomic mass is 10.00. The Morgan fingerprint density at radius 3 is 2.61 bits per heavy atom. The van der Waals surface area contributed by atoms with Crippen LogP contribution in [0.15, 0.2) is 53.9 Å². The van der Waals surface area contributed by atoms with Crippen LogP contribution in [-0.2, 0) is 20.2 Å². The maximum atomic E-state index is 15.0. The molecule has 49 heavy (non-hydrogen) atoms. The number of carboxylic acid groups (broad SMARTS) is 1. The van der Waals surface area contributed by atoms with Gasteiger partial charge in [-0.25, -0.2) is 4.79 Å². The molecule has 1 saturated carbocycles. The van der Waals surface area contributed by atoms with Gasteiger partial charge in [-0.2, -0.15) is 8.78 Å². The summed E-state index contributed by atoms with van der Waals surface area (Å²) in [6.07, 6.45) is 0.314. The van der Waals surface area contributed by atoms with Crippen LogP contribution in [0.2, 0.25) is 0 Å². The van der Waals surface area contributed by atoms with Gasteiger partial charge in [-0.1, -0.05) is 30.3 Å². The topological polar surface area (TPSA) is 187 Å². The SMILES string of the molecule is CC(NC(=O)[C@@H]1C[C@]2(COCCCN)C[C@@H]2N1C(=O)CNC(=O)c1ccc2c(c1)-c1ccccc1C2(F)F)c1cc(C(=N)NC(=O)O)cs1. The van der Waals surface area contributed by atoms with E-state index in [9.17, 15) is 19.2 Å². The van der Waals surface area contributed by atoms with Crippen LogP contribution in [0.25, 0.3) is 11.1 Å². The van der Waals surface area contributed by atoms with Crippen molar-refractivity contribution in [2.45, 2.75) is 50.2 Å². The van der Waals surface area contributed by atoms with E-state index in [0.717, 1.165) is 0 Å². The van der Waals surface area contributed by atoms with Gasteiger partial charge in [0.1, 0.15) is 11.9 Å². The van der Waals surface area contributed by atoms with E-state index in [1.54, 1.807) is 36.6 Å². The number of nitrogens with one attached hydrogen (secondary N) is 4. The molecule has 6 rings (SSSR count). The number of benzene rings is 2. The van der Waals surface area contributed by atoms with E-state index in [0.29, 0.717) is 55.0 Å². The highest BCUT2D eigenvalue weighted by Crippen LogP contribution is 2.59. The number of ether oxygens (including phenoxy) is 1. The third kappa shape index (κ3) is 6.53. The van der Waals surface area contributed by atoms with Crippen molar-refractivity contribution in [3.8, 4) is 11.1 Å². The van der Waals surface area contributed by atoms with Gasteiger partial charge >= 0.3 is 6.09 Å². The summed E-state index contributed by atoms with van der Waals surface area (Å²) in [5.41, 5.74) is 5.95. The second kappa shape index (κ2) is 13.3. The van der Waals surface area contributed by atoms with Gasteiger partial charge in [0, 0.05) is 50.6 Å². The second-order valence-corrected chi connectivity index (χ2v) is 13.6. The molecule has 3 aliphatic rings. The third-order valence-electron chi connectivity index (χ3n) is 9.39. The minimum atomic E-state index is -3.18. The first-order chi connectivity index (χ1) is 23.4. The number of amides is 4. The van der Waals surface area contributed by atoms with E-state index in [1.807, 2.05) is 5.32 Å². The first kappa shape index (κ1) is 34.1. The number of nitrogens with zero attached hydrogens (tertiary/aromatic N) is 1. The summed E-state index contributed by atoms with van der Waals surface area (Å²) in [4.78, 5) is 53.7. The smallest absolute Gasteiger partial charge is 0.410 e. The molecule has 2 aliphatic carbocycles. The maximum Gasteiger partial charge on any atom is 0.410 e. The Hall–Kier alpha value is -4.73. The van der Waals surface area contributed by atoms with E-state index in [-0.39, 0.29) is 34.1 Å². The molecule has 1 aromatic heterocycles. The lowest BCUT2D eigenvalue weighted by Crippen LogP contribution is -2.51. The molecule has 2 heterocycles. The summed E-state index contributed by atoms with van der Waals surface area (Å²) in [6.45, 7) is 2.61. The fraction of sp³-hybridized carbons (Fsp3) is 0.382. The first-order valence-corrected chi connectivity index (χ1v) is 16.7. The fourth-order valence-electron chi connectivity index (χ4n) is 6.82. The quantitative estimate of drug-likeness (QED) is 0.0946. The summed E-state index contributed by atoms with van der Waals surface area (Å²) in [7, 11) is 0. The van der Waals surface area contributed by atoms with Crippen molar-refractivity contribution in [3.63, 3.8) is 0 Å². The van der Waals surface area contributed by atoms with Crippen molar-refractivity contribution in [1.29, 1.82) is 5.41 Å². The molecule has 258 valence electrons. The fourth-order valence-corrected chi connectivity index (χ4v) is 7.73. The van der Waals surface area contributed by atoms with Crippen LogP contribution in [-0.4, -0.2) is 78.0 Å². The van der Waals surface area contributed by atoms with Crippen molar-refractivity contribution in [2.24, 2.45) is 11.1 Å². The number of rotatable bonds is 12. The largest absolute Gasteiger partial charge is 0.465 e. The predicted molar refractivity (Wildman–Crippen MR) is 177 cm³/mol. The highest BCUT2D eigenvalue weighted by molar-refractivity contribution is 7.10. The zero-order chi connectivity index (χ0) is 35.1. The zero-order valence-electron chi connectivity index (χ0n) is 26.6. The van der Waals surface area contributed by atoms with Gasteiger partial charge in [-0.15, -0.1) is 11.3 Å². The van der Waals surface area contributed by atoms with E-state index >= 15 is 8.78 Å². The summed E-state index contributed by atoms with van der Waals surface area (Å²) in [6, 6.07) is 10.1. The van der Waals surface area contributed by atoms with Gasteiger partial charge in [-0.3, -0.25) is 25.1 Å². The Morgan fingerprint density at radius 2 is 1.86 bits per heavy atom. The molecule has 2 fully saturated rings. The lowest BCUT2D eigenvalue weighted by molar-refractivity contribution is -0.139. The summed E-state index contributed by atoms with van der Waals surface area (Å²) in [5.74, 6) is -4.94. The number of likely N-dealkylation sites (tertiary alicyclic amines) is 1. The number of nitrogens with two attached hydrogens (primary N) is 1. The van der Waals surface area contributed by atoms with Gasteiger partial charge in [0.05, 0.1) is 19.2 Å². The molecular formula is C34H36F2N6O6S. The molecule has 1 saturated heterocycles. The van der Waals surface area contributed by atoms with Crippen LogP contribution in [0.5, 0.6) is 0 Å². The zero-order valence-corrected chi connectivity index (χ0v) is 27.4. The van der Waals surface area contributed by atoms with E-state index in [4.69, 9.17) is 21.0 Å². The molecule has 7 N–H and O–H groups in total. The Kier molecular flexibility index (Phi) is 9.26. The highest BCUT2D eigenvalue weighted by atomic mass is 32.1. The van der Waals surface area contributed by atoms with Crippen molar-refractivity contribution in [2.75, 3.05) is 26.3 Å². The molecule has 0 spiro atoms. The Morgan fingerprint density at radius 1 is 1.10 bits per heavy atom. The van der Waals surface area contributed by atoms with Crippen molar-refractivity contribution < 1.29 is 37.8 Å². The lowest BCUT2D eigenvalue weighted by Gasteiger charge is -2.28. The molecule has 1 aliphatic heterocycles. The minimum absolute atomic E-state index is 0.125. The minimum Gasteiger partial charge on any atom is -0.465 e. The van der Waals surface area contributed by atoms with Gasteiger partial charge in [0.15, 0.2) is 0 Å². The van der Waals surface area contributed by atoms with Gasteiger partial charge in [0.25, 0.3) is 11.8 Å². The number of alkyl halides is 2. The van der Waals surface area contributed by atoms with Crippen LogP contribution in [0.1, 0.15) is 64.2 Å². The van der Waals surface area contributed by atoms with E-state index < -0.39 is 53.8 Å². The average molecular weight is 695 g/mol. The number of thiophene rings is 1. The molecular weight excluding hydrogens is 658 g/mol. The van der Waals surface area contributed by atoms with Gasteiger partial charge < -0.3 is 31.1 Å². The van der Waals surface area contributed by atoms with Crippen molar-refractivity contribution in [1.82, 2.24) is 20.9 Å². The molecule has 3 aromatic rings. The normalized spacial score (nSPS) is 21.6. The predicted octanol–water partition coefficient (Wildman–Crippen LogP) is 3.79. The third-order valence-corrected chi connectivity index (χ3v) is 10.5. The van der Waals surface area contributed by atoms with Crippen molar-refractivity contribution in [3.05, 3.63) is 81.0 Å². The van der Waals surface area contributed by atoms with E-state index in [1.165, 1.54) is 40.5 Å². The van der Waals surface area contributed by atoms with E-state index in [2.05, 4.69) is 10.6 Å². The summed E-state index contributed by atoms with van der Waals surface area (Å²) in [5, 5.41) is 26.0. The second-order valence-electron chi connectivity index (χ2n) is 12.6. The van der Waals surface area contributed by atoms with Crippen molar-refractivity contribution >= 4 is 41.0 Å². The number of carbonyl (C=O) groups excluding carboxylic acids is 3. The molecule has 4 amide bonds. The van der Waals surface area contributed by atoms with Crippen LogP contribution in [0.4, 0.5) is 13.6 Å². The van der Waals surface area contributed by atoms with Crippen LogP contribution >= 0.6 is 11.3 Å². The number of halogens is 2. The highest BCUT2D eigenvalue weighted by Gasteiger charge is 2.67. The Bertz CT molecular complexity index is 1830. The number of fused-ring (bicyclic) bond motifs is 4. The maximum absolute atomic E-state index is 15.0. The summed E-state index contributed by atoms with van der Waals surface area (Å²) >= 11 is 1.25. The molecule has 15 heteroatoms. The molecule has 12 nitrogen and oxygen atoms in total. The van der Waals surface area contributed by atoms with Gasteiger partial charge in [0.2, 0.25) is 11.8 Å². The molecule has 1 unspecified atom stereocenters. The molecule has 0 bridgehead atoms. The standard InChI is InChI=1S/C34H36F2N6O6S/c1-18(26-12-20(16-49-26)29(38)41-32(46)47)40-31(45)25-13-33(17-48-10-4-9-37)14-27(33)42(25)28(43)15-39-30(44)19-7-8-24-22(11-19)21-5-2-3-6-23(21)34(24,35)36/h2-3,5-8,11-12,16,18,25,27H,4,9-10,13-15,17,37H2,1H3,(H2,38,41)(H,39,44)(H,40,45)(H,46,47)/t18?,25-,27-,33+/m0/s1. The van der Waals surface area contributed by atoms with Crippen LogP contribution < -0.4 is 21.7 Å². The van der Waals surface area contributed by atoms with Crippen LogP contribution in [0.3, 0.4) is 0 Å². The number of hydrogen-bond acceptors (Lipinski definition) is 8. The number of hydrogen-bond donors (Lipinski definition) is 6. The van der Waals surface area contributed by atoms with Crippen LogP contribution in [0, 0.1) is 10.8 Å². The number of carbonyl (C=O) groups is 4.